The van der Waals surface area contributed by atoms with Crippen LogP contribution in [-0.4, -0.2) is 17.6 Å². The number of nitrogens with zero attached hydrogens (tertiary/aromatic N) is 1. The van der Waals surface area contributed by atoms with Gasteiger partial charge < -0.3 is 4.74 Å². The Kier molecular flexibility index (Phi) is 7.58. The number of pyridine rings is 1. The molecule has 0 atom stereocenters. The van der Waals surface area contributed by atoms with Crippen molar-refractivity contribution in [3.05, 3.63) is 42.2 Å². The highest BCUT2D eigenvalue weighted by atomic mass is 16.5. The Morgan fingerprint density at radius 2 is 1.61 bits per heavy atom. The monoisotopic (exact) mass is 313 g/mol. The quantitative estimate of drug-likeness (QED) is 0.427. The largest absolute Gasteiger partial charge is 0.461 e. The maximum Gasteiger partial charge on any atom is 0.356 e. The number of fused-ring (bicyclic) bond motifs is 1. The van der Waals surface area contributed by atoms with E-state index in [0.29, 0.717) is 12.3 Å². The van der Waals surface area contributed by atoms with E-state index in [0.717, 1.165) is 23.6 Å². The lowest BCUT2D eigenvalue weighted by Crippen LogP contribution is -2.08. The molecule has 0 N–H and O–H groups in total. The van der Waals surface area contributed by atoms with Gasteiger partial charge in [-0.3, -0.25) is 0 Å². The molecule has 0 aliphatic carbocycles. The topological polar surface area (TPSA) is 39.2 Å². The van der Waals surface area contributed by atoms with Gasteiger partial charge in [0, 0.05) is 11.6 Å². The number of unbranched alkanes of at least 4 members (excludes halogenated alkanes) is 7. The van der Waals surface area contributed by atoms with E-state index in [-0.39, 0.29) is 5.97 Å². The molecule has 1 aromatic heterocycles. The molecule has 3 nitrogen and oxygen atoms in total. The van der Waals surface area contributed by atoms with Crippen molar-refractivity contribution in [1.82, 2.24) is 4.98 Å². The zero-order chi connectivity index (χ0) is 16.3. The number of ether oxygens (including phenoxy) is 1. The Morgan fingerprint density at radius 3 is 2.35 bits per heavy atom. The number of benzene rings is 1. The zero-order valence-electron chi connectivity index (χ0n) is 14.1. The number of esters is 1. The van der Waals surface area contributed by atoms with Crippen molar-refractivity contribution in [3.8, 4) is 0 Å². The lowest BCUT2D eigenvalue weighted by molar-refractivity contribution is 0.0491. The SMILES string of the molecule is CCCCCCCCCCOC(=O)c1cc2ccccc2cn1. The summed E-state index contributed by atoms with van der Waals surface area (Å²) < 4.78 is 5.32. The highest BCUT2D eigenvalue weighted by molar-refractivity contribution is 5.92. The molecule has 124 valence electrons. The third-order valence-electron chi connectivity index (χ3n) is 4.07. The highest BCUT2D eigenvalue weighted by Crippen LogP contribution is 2.14. The average molecular weight is 313 g/mol. The fourth-order valence-electron chi connectivity index (χ4n) is 2.67. The molecule has 0 fully saturated rings. The van der Waals surface area contributed by atoms with Crippen molar-refractivity contribution in [2.24, 2.45) is 0 Å². The van der Waals surface area contributed by atoms with Crippen LogP contribution in [0.1, 0.15) is 68.8 Å². The van der Waals surface area contributed by atoms with Gasteiger partial charge in [0.25, 0.3) is 0 Å². The summed E-state index contributed by atoms with van der Waals surface area (Å²) in [5.41, 5.74) is 0.392. The summed E-state index contributed by atoms with van der Waals surface area (Å²) in [7, 11) is 0. The van der Waals surface area contributed by atoms with Gasteiger partial charge in [0.05, 0.1) is 6.61 Å². The van der Waals surface area contributed by atoms with Gasteiger partial charge in [0.2, 0.25) is 0 Å². The Balaban J connectivity index is 1.64. The number of rotatable bonds is 10. The fourth-order valence-corrected chi connectivity index (χ4v) is 2.67. The minimum Gasteiger partial charge on any atom is -0.461 e. The summed E-state index contributed by atoms with van der Waals surface area (Å²) in [6.07, 6.45) is 11.6. The summed E-state index contributed by atoms with van der Waals surface area (Å²) in [4.78, 5) is 16.2. The molecule has 0 aliphatic heterocycles. The molecule has 0 bridgehead atoms. The molecule has 0 radical (unpaired) electrons. The van der Waals surface area contributed by atoms with Crippen molar-refractivity contribution in [2.75, 3.05) is 6.61 Å². The molecule has 23 heavy (non-hydrogen) atoms. The van der Waals surface area contributed by atoms with E-state index in [1.807, 2.05) is 24.3 Å². The van der Waals surface area contributed by atoms with Crippen molar-refractivity contribution >= 4 is 16.7 Å². The van der Waals surface area contributed by atoms with Crippen molar-refractivity contribution in [3.63, 3.8) is 0 Å². The maximum absolute atomic E-state index is 12.0. The molecule has 0 aliphatic rings. The van der Waals surface area contributed by atoms with E-state index in [1.165, 1.54) is 38.5 Å². The lowest BCUT2D eigenvalue weighted by Gasteiger charge is -2.05. The number of hydrogen-bond acceptors (Lipinski definition) is 3. The molecule has 2 rings (SSSR count). The van der Waals surface area contributed by atoms with Crippen molar-refractivity contribution < 1.29 is 9.53 Å². The smallest absolute Gasteiger partial charge is 0.356 e. The van der Waals surface area contributed by atoms with Gasteiger partial charge in [0.1, 0.15) is 5.69 Å². The first-order valence-electron chi connectivity index (χ1n) is 8.83. The molecule has 0 amide bonds. The summed E-state index contributed by atoms with van der Waals surface area (Å²) in [6, 6.07) is 9.68. The van der Waals surface area contributed by atoms with E-state index in [4.69, 9.17) is 4.74 Å². The second kappa shape index (κ2) is 9.98. The lowest BCUT2D eigenvalue weighted by atomic mass is 10.1. The molecule has 3 heteroatoms. The molecule has 0 saturated heterocycles. The molecule has 0 spiro atoms. The molecule has 1 heterocycles. The van der Waals surface area contributed by atoms with E-state index in [9.17, 15) is 4.79 Å². The molecule has 0 unspecified atom stereocenters. The van der Waals surface area contributed by atoms with Crippen LogP contribution in [0.25, 0.3) is 10.8 Å². The van der Waals surface area contributed by atoms with Crippen LogP contribution in [0, 0.1) is 0 Å². The van der Waals surface area contributed by atoms with E-state index in [1.54, 1.807) is 12.3 Å². The predicted octanol–water partition coefficient (Wildman–Crippen LogP) is 5.53. The van der Waals surface area contributed by atoms with Gasteiger partial charge in [-0.25, -0.2) is 9.78 Å². The Hall–Kier alpha value is -1.90. The van der Waals surface area contributed by atoms with Crippen LogP contribution in [0.2, 0.25) is 0 Å². The maximum atomic E-state index is 12.0. The molecular formula is C20H27NO2. The van der Waals surface area contributed by atoms with Gasteiger partial charge in [-0.2, -0.15) is 0 Å². The third-order valence-corrected chi connectivity index (χ3v) is 4.07. The first kappa shape index (κ1) is 17.5. The average Bonchev–Trinajstić information content (AvgIpc) is 2.59. The molecule has 0 saturated carbocycles. The first-order valence-corrected chi connectivity index (χ1v) is 8.83. The van der Waals surface area contributed by atoms with Crippen LogP contribution in [0.4, 0.5) is 0 Å². The molecule has 2 aromatic rings. The van der Waals surface area contributed by atoms with Gasteiger partial charge in [-0.05, 0) is 17.9 Å². The normalized spacial score (nSPS) is 10.8. The van der Waals surface area contributed by atoms with Crippen LogP contribution in [0.3, 0.4) is 0 Å². The summed E-state index contributed by atoms with van der Waals surface area (Å²) in [6.45, 7) is 2.72. The Bertz CT molecular complexity index is 609. The molecular weight excluding hydrogens is 286 g/mol. The third kappa shape index (κ3) is 6.01. The van der Waals surface area contributed by atoms with E-state index in [2.05, 4.69) is 11.9 Å². The minimum atomic E-state index is -0.321. The first-order chi connectivity index (χ1) is 11.3. The fraction of sp³-hybridized carbons (Fsp3) is 0.500. The molecule has 1 aromatic carbocycles. The van der Waals surface area contributed by atoms with Crippen molar-refractivity contribution in [2.45, 2.75) is 58.3 Å². The Morgan fingerprint density at radius 1 is 0.957 bits per heavy atom. The van der Waals surface area contributed by atoms with Crippen molar-refractivity contribution in [1.29, 1.82) is 0 Å². The van der Waals surface area contributed by atoms with Gasteiger partial charge in [0.15, 0.2) is 0 Å². The van der Waals surface area contributed by atoms with Crippen LogP contribution < -0.4 is 0 Å². The van der Waals surface area contributed by atoms with Crippen LogP contribution in [-0.2, 0) is 4.74 Å². The zero-order valence-corrected chi connectivity index (χ0v) is 14.1. The second-order valence-electron chi connectivity index (χ2n) is 6.03. The number of aromatic nitrogens is 1. The summed E-state index contributed by atoms with van der Waals surface area (Å²) in [5.74, 6) is -0.321. The van der Waals surface area contributed by atoms with Crippen LogP contribution in [0.15, 0.2) is 36.5 Å². The Labute approximate surface area is 139 Å². The number of carbonyl (C=O) groups is 1. The van der Waals surface area contributed by atoms with Gasteiger partial charge in [-0.15, -0.1) is 0 Å². The van der Waals surface area contributed by atoms with E-state index >= 15 is 0 Å². The summed E-state index contributed by atoms with van der Waals surface area (Å²) in [5, 5.41) is 2.05. The predicted molar refractivity (Wildman–Crippen MR) is 94.6 cm³/mol. The van der Waals surface area contributed by atoms with Crippen LogP contribution in [0.5, 0.6) is 0 Å². The van der Waals surface area contributed by atoms with Crippen LogP contribution >= 0.6 is 0 Å². The minimum absolute atomic E-state index is 0.321. The van der Waals surface area contributed by atoms with E-state index < -0.39 is 0 Å². The van der Waals surface area contributed by atoms with Gasteiger partial charge in [-0.1, -0.05) is 76.1 Å². The highest BCUT2D eigenvalue weighted by Gasteiger charge is 2.09. The number of carbonyl (C=O) groups excluding carboxylic acids is 1. The standard InChI is InChI=1S/C20H27NO2/c1-2-3-4-5-6-7-8-11-14-23-20(22)19-15-17-12-9-10-13-18(17)16-21-19/h9-10,12-13,15-16H,2-8,11,14H2,1H3. The number of hydrogen-bond donors (Lipinski definition) is 0. The second-order valence-corrected chi connectivity index (χ2v) is 6.03. The summed E-state index contributed by atoms with van der Waals surface area (Å²) >= 11 is 0. The van der Waals surface area contributed by atoms with Gasteiger partial charge >= 0.3 is 5.97 Å².